The summed E-state index contributed by atoms with van der Waals surface area (Å²) in [6.45, 7) is 4.04. The van der Waals surface area contributed by atoms with Gasteiger partial charge in [-0.15, -0.1) is 0 Å². The molecule has 9 heteroatoms. The summed E-state index contributed by atoms with van der Waals surface area (Å²) in [5.74, 6) is 1.54. The molecule has 0 saturated carbocycles. The van der Waals surface area contributed by atoms with Crippen LogP contribution in [0, 0.1) is 12.8 Å². The summed E-state index contributed by atoms with van der Waals surface area (Å²) in [5.41, 5.74) is 2.06. The van der Waals surface area contributed by atoms with E-state index in [-0.39, 0.29) is 11.5 Å². The van der Waals surface area contributed by atoms with Gasteiger partial charge in [0.1, 0.15) is 5.69 Å². The molecule has 0 bridgehead atoms. The van der Waals surface area contributed by atoms with Crippen molar-refractivity contribution in [2.75, 3.05) is 19.7 Å². The Bertz CT molecular complexity index is 1080. The summed E-state index contributed by atoms with van der Waals surface area (Å²) in [7, 11) is 0. The average Bonchev–Trinajstić information content (AvgIpc) is 3.29. The Hall–Kier alpha value is -3.20. The molecule has 2 aliphatic heterocycles. The molecule has 0 radical (unpaired) electrons. The first-order valence-electron chi connectivity index (χ1n) is 11.0. The molecule has 3 aromatic heterocycles. The van der Waals surface area contributed by atoms with E-state index in [9.17, 15) is 4.79 Å². The molecule has 2 aliphatic rings. The molecule has 2 fully saturated rings. The first-order chi connectivity index (χ1) is 15.6. The van der Waals surface area contributed by atoms with Crippen LogP contribution in [0.1, 0.15) is 47.5 Å². The molecule has 5 rings (SSSR count). The van der Waals surface area contributed by atoms with Crippen molar-refractivity contribution in [3.05, 3.63) is 54.1 Å². The second-order valence-corrected chi connectivity index (χ2v) is 8.68. The molecular formula is C23H26N6O3. The largest absolute Gasteiger partial charge is 0.375 e. The van der Waals surface area contributed by atoms with Crippen LogP contribution in [0.2, 0.25) is 0 Å². The fourth-order valence-corrected chi connectivity index (χ4v) is 4.73. The Labute approximate surface area is 186 Å². The highest BCUT2D eigenvalue weighted by Crippen LogP contribution is 2.39. The number of aromatic nitrogens is 5. The smallest absolute Gasteiger partial charge is 0.255 e. The number of hydrogen-bond acceptors (Lipinski definition) is 8. The lowest BCUT2D eigenvalue weighted by atomic mass is 9.78. The van der Waals surface area contributed by atoms with Gasteiger partial charge in [-0.3, -0.25) is 14.8 Å². The maximum Gasteiger partial charge on any atom is 0.255 e. The summed E-state index contributed by atoms with van der Waals surface area (Å²) in [4.78, 5) is 31.7. The van der Waals surface area contributed by atoms with Crippen LogP contribution in [0.5, 0.6) is 0 Å². The summed E-state index contributed by atoms with van der Waals surface area (Å²) in [6.07, 6.45) is 12.5. The molecule has 1 atom stereocenters. The number of carbonyl (C=O) groups excluding carboxylic acids is 1. The molecule has 1 unspecified atom stereocenters. The zero-order chi connectivity index (χ0) is 22.0. The number of pyridine rings is 1. The van der Waals surface area contributed by atoms with Crippen LogP contribution in [-0.2, 0) is 11.2 Å². The van der Waals surface area contributed by atoms with Crippen molar-refractivity contribution in [1.29, 1.82) is 0 Å². The molecule has 166 valence electrons. The minimum Gasteiger partial charge on any atom is -0.375 e. The maximum atomic E-state index is 12.9. The fourth-order valence-electron chi connectivity index (χ4n) is 4.73. The van der Waals surface area contributed by atoms with Crippen LogP contribution < -0.4 is 0 Å². The van der Waals surface area contributed by atoms with Gasteiger partial charge in [-0.1, -0.05) is 5.16 Å². The van der Waals surface area contributed by atoms with Gasteiger partial charge in [-0.05, 0) is 50.2 Å². The van der Waals surface area contributed by atoms with E-state index in [0.717, 1.165) is 37.7 Å². The van der Waals surface area contributed by atoms with Crippen LogP contribution >= 0.6 is 0 Å². The maximum absolute atomic E-state index is 12.9. The van der Waals surface area contributed by atoms with Crippen LogP contribution in [-0.4, -0.2) is 61.2 Å². The first kappa shape index (κ1) is 20.7. The topological polar surface area (TPSA) is 107 Å². The molecular weight excluding hydrogens is 408 g/mol. The molecule has 3 aromatic rings. The van der Waals surface area contributed by atoms with Crippen molar-refractivity contribution in [1.82, 2.24) is 30.0 Å². The van der Waals surface area contributed by atoms with Crippen molar-refractivity contribution in [2.24, 2.45) is 5.92 Å². The number of piperidine rings is 1. The monoisotopic (exact) mass is 434 g/mol. The molecule has 0 aliphatic carbocycles. The Morgan fingerprint density at radius 3 is 2.81 bits per heavy atom. The van der Waals surface area contributed by atoms with E-state index in [1.807, 2.05) is 17.9 Å². The Kier molecular flexibility index (Phi) is 5.65. The lowest BCUT2D eigenvalue weighted by Crippen LogP contribution is -2.51. The van der Waals surface area contributed by atoms with Crippen LogP contribution in [0.25, 0.3) is 11.5 Å². The molecule has 1 amide bonds. The predicted molar refractivity (Wildman–Crippen MR) is 115 cm³/mol. The number of hydrogen-bond donors (Lipinski definition) is 0. The number of rotatable bonds is 4. The standard InChI is InChI=1S/C23H26N6O3/c1-16-2-6-24-14-18(16)22(30)29-9-4-23(5-10-29)13-17(3-11-31-23)12-20-27-21(28-32-20)19-15-25-7-8-26-19/h2,6-8,14-15,17H,3-5,9-13H2,1H3. The molecule has 1 spiro atoms. The lowest BCUT2D eigenvalue weighted by molar-refractivity contribution is -0.124. The number of aryl methyl sites for hydroxylation is 1. The highest BCUT2D eigenvalue weighted by atomic mass is 16.5. The minimum atomic E-state index is -0.183. The van der Waals surface area contributed by atoms with Gasteiger partial charge in [0.05, 0.1) is 17.4 Å². The van der Waals surface area contributed by atoms with E-state index in [0.29, 0.717) is 48.6 Å². The predicted octanol–water partition coefficient (Wildman–Crippen LogP) is 2.87. The van der Waals surface area contributed by atoms with Gasteiger partial charge in [0, 0.05) is 50.9 Å². The second-order valence-electron chi connectivity index (χ2n) is 8.68. The van der Waals surface area contributed by atoms with Gasteiger partial charge >= 0.3 is 0 Å². The summed E-state index contributed by atoms with van der Waals surface area (Å²) >= 11 is 0. The lowest BCUT2D eigenvalue weighted by Gasteiger charge is -2.46. The van der Waals surface area contributed by atoms with Gasteiger partial charge < -0.3 is 14.2 Å². The highest BCUT2D eigenvalue weighted by Gasteiger charge is 2.41. The minimum absolute atomic E-state index is 0.0558. The molecule has 5 heterocycles. The van der Waals surface area contributed by atoms with Gasteiger partial charge in [0.2, 0.25) is 11.7 Å². The summed E-state index contributed by atoms with van der Waals surface area (Å²) < 4.78 is 11.7. The second kappa shape index (κ2) is 8.74. The van der Waals surface area contributed by atoms with Crippen molar-refractivity contribution in [2.45, 2.75) is 44.6 Å². The van der Waals surface area contributed by atoms with E-state index in [2.05, 4.69) is 25.1 Å². The van der Waals surface area contributed by atoms with Crippen molar-refractivity contribution < 1.29 is 14.1 Å². The zero-order valence-electron chi connectivity index (χ0n) is 18.1. The van der Waals surface area contributed by atoms with Crippen LogP contribution in [0.4, 0.5) is 0 Å². The third-order valence-electron chi connectivity index (χ3n) is 6.55. The summed E-state index contributed by atoms with van der Waals surface area (Å²) in [6, 6.07) is 1.88. The molecule has 0 aromatic carbocycles. The molecule has 9 nitrogen and oxygen atoms in total. The van der Waals surface area contributed by atoms with Crippen molar-refractivity contribution >= 4 is 5.91 Å². The SMILES string of the molecule is Cc1ccncc1C(=O)N1CCC2(CC1)CC(Cc1nc(-c3cnccn3)no1)CCO2. The number of ether oxygens (including phenoxy) is 1. The van der Waals surface area contributed by atoms with Gasteiger partial charge in [0.25, 0.3) is 5.91 Å². The Morgan fingerprint density at radius 2 is 2.03 bits per heavy atom. The molecule has 2 saturated heterocycles. The van der Waals surface area contributed by atoms with E-state index in [1.54, 1.807) is 31.0 Å². The van der Waals surface area contributed by atoms with E-state index in [1.165, 1.54) is 0 Å². The van der Waals surface area contributed by atoms with Gasteiger partial charge in [-0.2, -0.15) is 4.98 Å². The van der Waals surface area contributed by atoms with E-state index < -0.39 is 0 Å². The number of likely N-dealkylation sites (tertiary alicyclic amines) is 1. The zero-order valence-corrected chi connectivity index (χ0v) is 18.1. The van der Waals surface area contributed by atoms with Gasteiger partial charge in [-0.25, -0.2) is 4.98 Å². The third kappa shape index (κ3) is 4.25. The quantitative estimate of drug-likeness (QED) is 0.617. The first-order valence-corrected chi connectivity index (χ1v) is 11.0. The van der Waals surface area contributed by atoms with Crippen LogP contribution in [0.3, 0.4) is 0 Å². The Morgan fingerprint density at radius 1 is 1.19 bits per heavy atom. The number of nitrogens with zero attached hydrogens (tertiary/aromatic N) is 6. The fraction of sp³-hybridized carbons (Fsp3) is 0.478. The highest BCUT2D eigenvalue weighted by molar-refractivity contribution is 5.95. The van der Waals surface area contributed by atoms with E-state index >= 15 is 0 Å². The summed E-state index contributed by atoms with van der Waals surface area (Å²) in [5, 5.41) is 4.05. The van der Waals surface area contributed by atoms with Gasteiger partial charge in [0.15, 0.2) is 0 Å². The van der Waals surface area contributed by atoms with Crippen LogP contribution in [0.15, 0.2) is 41.6 Å². The van der Waals surface area contributed by atoms with Crippen molar-refractivity contribution in [3.63, 3.8) is 0 Å². The number of amides is 1. The van der Waals surface area contributed by atoms with E-state index in [4.69, 9.17) is 9.26 Å². The molecule has 32 heavy (non-hydrogen) atoms. The number of carbonyl (C=O) groups is 1. The van der Waals surface area contributed by atoms with Crippen molar-refractivity contribution in [3.8, 4) is 11.5 Å². The Balaban J connectivity index is 1.20. The molecule has 0 N–H and O–H groups in total. The normalized spacial score (nSPS) is 20.4. The average molecular weight is 435 g/mol. The third-order valence-corrected chi connectivity index (χ3v) is 6.55.